The summed E-state index contributed by atoms with van der Waals surface area (Å²) in [6.07, 6.45) is 0.522. The monoisotopic (exact) mass is 282 g/mol. The second-order valence-electron chi connectivity index (χ2n) is 5.54. The maximum absolute atomic E-state index is 13.7. The Bertz CT molecular complexity index is 463. The lowest BCUT2D eigenvalue weighted by molar-refractivity contribution is -0.132. The molecule has 0 bridgehead atoms. The lowest BCUT2D eigenvalue weighted by atomic mass is 10.1. The highest BCUT2D eigenvalue weighted by Crippen LogP contribution is 2.24. The fourth-order valence-electron chi connectivity index (χ4n) is 2.45. The molecule has 1 aromatic rings. The van der Waals surface area contributed by atoms with Crippen LogP contribution in [0.15, 0.2) is 18.2 Å². The van der Waals surface area contributed by atoms with E-state index in [9.17, 15) is 13.6 Å². The lowest BCUT2D eigenvalue weighted by Gasteiger charge is -2.36. The van der Waals surface area contributed by atoms with Gasteiger partial charge in [0.05, 0.1) is 0 Å². The summed E-state index contributed by atoms with van der Waals surface area (Å²) in [6.45, 7) is 5.95. The standard InChI is InChI=1S/C15H20F2N2O/c1-11(2)10-14(20)18-6-8-19(9-7-18)15-12(16)4-3-5-13(15)17/h3-5,11H,6-10H2,1-2H3. The maximum atomic E-state index is 13.7. The first kappa shape index (κ1) is 14.8. The number of para-hydroxylation sites is 1. The molecule has 3 nitrogen and oxygen atoms in total. The van der Waals surface area contributed by atoms with Crippen LogP contribution in [0, 0.1) is 17.6 Å². The number of hydrogen-bond acceptors (Lipinski definition) is 2. The van der Waals surface area contributed by atoms with Crippen LogP contribution in [0.1, 0.15) is 20.3 Å². The number of piperazine rings is 1. The number of rotatable bonds is 3. The van der Waals surface area contributed by atoms with Crippen LogP contribution in [0.3, 0.4) is 0 Å². The summed E-state index contributed by atoms with van der Waals surface area (Å²) >= 11 is 0. The van der Waals surface area contributed by atoms with E-state index >= 15 is 0 Å². The van der Waals surface area contributed by atoms with Gasteiger partial charge in [0.15, 0.2) is 0 Å². The van der Waals surface area contributed by atoms with E-state index in [0.29, 0.717) is 38.5 Å². The van der Waals surface area contributed by atoms with E-state index < -0.39 is 11.6 Å². The summed E-state index contributed by atoms with van der Waals surface area (Å²) in [6, 6.07) is 3.87. The Labute approximate surface area is 118 Å². The summed E-state index contributed by atoms with van der Waals surface area (Å²) in [5.41, 5.74) is 0.0171. The molecule has 1 aromatic carbocycles. The van der Waals surface area contributed by atoms with E-state index in [1.165, 1.54) is 18.2 Å². The molecule has 0 radical (unpaired) electrons. The molecule has 0 unspecified atom stereocenters. The molecule has 1 heterocycles. The number of benzene rings is 1. The van der Waals surface area contributed by atoms with Crippen molar-refractivity contribution >= 4 is 11.6 Å². The first-order valence-corrected chi connectivity index (χ1v) is 6.95. The molecule has 0 aromatic heterocycles. The molecule has 110 valence electrons. The Hall–Kier alpha value is -1.65. The SMILES string of the molecule is CC(C)CC(=O)N1CCN(c2c(F)cccc2F)CC1. The average molecular weight is 282 g/mol. The van der Waals surface area contributed by atoms with Crippen molar-refractivity contribution in [2.45, 2.75) is 20.3 Å². The molecule has 0 spiro atoms. The van der Waals surface area contributed by atoms with Crippen molar-refractivity contribution in [1.82, 2.24) is 4.90 Å². The van der Waals surface area contributed by atoms with E-state index in [1.54, 1.807) is 9.80 Å². The number of amides is 1. The zero-order valence-corrected chi connectivity index (χ0v) is 11.9. The van der Waals surface area contributed by atoms with Crippen LogP contribution < -0.4 is 4.90 Å². The number of anilines is 1. The Morgan fingerprint density at radius 1 is 1.15 bits per heavy atom. The molecule has 1 fully saturated rings. The molecule has 1 saturated heterocycles. The van der Waals surface area contributed by atoms with Crippen molar-refractivity contribution < 1.29 is 13.6 Å². The minimum atomic E-state index is -0.549. The largest absolute Gasteiger partial charge is 0.363 e. The van der Waals surface area contributed by atoms with Crippen molar-refractivity contribution in [2.24, 2.45) is 5.92 Å². The molecule has 0 atom stereocenters. The minimum Gasteiger partial charge on any atom is -0.363 e. The Balaban J connectivity index is 1.99. The summed E-state index contributed by atoms with van der Waals surface area (Å²) in [5.74, 6) is -0.655. The topological polar surface area (TPSA) is 23.6 Å². The van der Waals surface area contributed by atoms with Gasteiger partial charge in [-0.25, -0.2) is 8.78 Å². The third-order valence-corrected chi connectivity index (χ3v) is 3.47. The molecule has 1 aliphatic heterocycles. The predicted molar refractivity (Wildman–Crippen MR) is 74.6 cm³/mol. The highest BCUT2D eigenvalue weighted by atomic mass is 19.1. The maximum Gasteiger partial charge on any atom is 0.222 e. The van der Waals surface area contributed by atoms with Crippen molar-refractivity contribution in [3.8, 4) is 0 Å². The van der Waals surface area contributed by atoms with Gasteiger partial charge in [-0.3, -0.25) is 4.79 Å². The summed E-state index contributed by atoms with van der Waals surface area (Å²) in [4.78, 5) is 15.4. The van der Waals surface area contributed by atoms with Crippen LogP contribution in [-0.2, 0) is 4.79 Å². The summed E-state index contributed by atoms with van der Waals surface area (Å²) < 4.78 is 27.4. The molecule has 20 heavy (non-hydrogen) atoms. The van der Waals surface area contributed by atoms with E-state index in [-0.39, 0.29) is 11.6 Å². The van der Waals surface area contributed by atoms with Crippen LogP contribution >= 0.6 is 0 Å². The van der Waals surface area contributed by atoms with Gasteiger partial charge in [-0.2, -0.15) is 0 Å². The van der Waals surface area contributed by atoms with Crippen LogP contribution in [0.4, 0.5) is 14.5 Å². The number of halogens is 2. The Morgan fingerprint density at radius 3 is 2.20 bits per heavy atom. The molecule has 1 amide bonds. The predicted octanol–water partition coefficient (Wildman–Crippen LogP) is 2.66. The highest BCUT2D eigenvalue weighted by Gasteiger charge is 2.24. The number of hydrogen-bond donors (Lipinski definition) is 0. The zero-order valence-electron chi connectivity index (χ0n) is 11.9. The van der Waals surface area contributed by atoms with Crippen LogP contribution in [0.2, 0.25) is 0 Å². The average Bonchev–Trinajstić information content (AvgIpc) is 2.38. The quantitative estimate of drug-likeness (QED) is 0.851. The Kier molecular flexibility index (Phi) is 4.57. The van der Waals surface area contributed by atoms with E-state index in [2.05, 4.69) is 0 Å². The smallest absolute Gasteiger partial charge is 0.222 e. The molecular weight excluding hydrogens is 262 g/mol. The van der Waals surface area contributed by atoms with E-state index in [4.69, 9.17) is 0 Å². The van der Waals surface area contributed by atoms with Gasteiger partial charge in [-0.1, -0.05) is 19.9 Å². The van der Waals surface area contributed by atoms with Crippen LogP contribution in [-0.4, -0.2) is 37.0 Å². The Morgan fingerprint density at radius 2 is 1.70 bits per heavy atom. The highest BCUT2D eigenvalue weighted by molar-refractivity contribution is 5.76. The van der Waals surface area contributed by atoms with Gasteiger partial charge in [-0.05, 0) is 18.1 Å². The summed E-state index contributed by atoms with van der Waals surface area (Å²) in [5, 5.41) is 0. The summed E-state index contributed by atoms with van der Waals surface area (Å²) in [7, 11) is 0. The molecular formula is C15H20F2N2O. The van der Waals surface area contributed by atoms with Crippen molar-refractivity contribution in [1.29, 1.82) is 0 Å². The second kappa shape index (κ2) is 6.20. The van der Waals surface area contributed by atoms with Crippen molar-refractivity contribution in [3.05, 3.63) is 29.8 Å². The lowest BCUT2D eigenvalue weighted by Crippen LogP contribution is -2.49. The third-order valence-electron chi connectivity index (χ3n) is 3.47. The third kappa shape index (κ3) is 3.26. The molecule has 2 rings (SSSR count). The minimum absolute atomic E-state index is 0.0171. The molecule has 0 saturated carbocycles. The van der Waals surface area contributed by atoms with Gasteiger partial charge >= 0.3 is 0 Å². The van der Waals surface area contributed by atoms with Gasteiger partial charge in [-0.15, -0.1) is 0 Å². The molecule has 0 N–H and O–H groups in total. The van der Waals surface area contributed by atoms with Crippen LogP contribution in [0.25, 0.3) is 0 Å². The van der Waals surface area contributed by atoms with Gasteiger partial charge < -0.3 is 9.80 Å². The van der Waals surface area contributed by atoms with Crippen LogP contribution in [0.5, 0.6) is 0 Å². The van der Waals surface area contributed by atoms with Crippen molar-refractivity contribution in [2.75, 3.05) is 31.1 Å². The molecule has 5 heteroatoms. The van der Waals surface area contributed by atoms with E-state index in [1.807, 2.05) is 13.8 Å². The first-order valence-electron chi connectivity index (χ1n) is 6.95. The number of carbonyl (C=O) groups excluding carboxylic acids is 1. The molecule has 0 aliphatic carbocycles. The molecule has 1 aliphatic rings. The normalized spacial score (nSPS) is 15.8. The zero-order chi connectivity index (χ0) is 14.7. The van der Waals surface area contributed by atoms with Gasteiger partial charge in [0, 0.05) is 32.6 Å². The van der Waals surface area contributed by atoms with Crippen molar-refractivity contribution in [3.63, 3.8) is 0 Å². The fraction of sp³-hybridized carbons (Fsp3) is 0.533. The van der Waals surface area contributed by atoms with Gasteiger partial charge in [0.25, 0.3) is 0 Å². The number of nitrogens with zero attached hydrogens (tertiary/aromatic N) is 2. The number of carbonyl (C=O) groups is 1. The second-order valence-corrected chi connectivity index (χ2v) is 5.54. The first-order chi connectivity index (χ1) is 9.49. The van der Waals surface area contributed by atoms with Gasteiger partial charge in [0.1, 0.15) is 17.3 Å². The fourth-order valence-corrected chi connectivity index (χ4v) is 2.45. The van der Waals surface area contributed by atoms with E-state index in [0.717, 1.165) is 0 Å². The van der Waals surface area contributed by atoms with Gasteiger partial charge in [0.2, 0.25) is 5.91 Å².